The average molecular weight is 483 g/mol. The summed E-state index contributed by atoms with van der Waals surface area (Å²) in [4.78, 5) is 12.5. The van der Waals surface area contributed by atoms with E-state index in [-0.39, 0.29) is 5.91 Å². The number of nitrogens with one attached hydrogen (secondary N) is 1. The minimum absolute atomic E-state index is 0.125. The molecule has 0 bridgehead atoms. The van der Waals surface area contributed by atoms with Crippen LogP contribution >= 0.6 is 22.6 Å². The van der Waals surface area contributed by atoms with Crippen LogP contribution in [0, 0.1) is 3.57 Å². The van der Waals surface area contributed by atoms with Crippen molar-refractivity contribution < 1.29 is 19.0 Å². The smallest absolute Gasteiger partial charge is 0.252 e. The number of carbonyl (C=O) groups excluding carboxylic acids is 1. The van der Waals surface area contributed by atoms with Gasteiger partial charge in [0.2, 0.25) is 0 Å². The quantitative estimate of drug-likeness (QED) is 0.401. The highest BCUT2D eigenvalue weighted by molar-refractivity contribution is 14.1. The number of hydrogen-bond acceptors (Lipinski definition) is 4. The maximum Gasteiger partial charge on any atom is 0.252 e. The molecule has 0 spiro atoms. The van der Waals surface area contributed by atoms with Crippen LogP contribution in [-0.2, 0) is 6.42 Å². The summed E-state index contributed by atoms with van der Waals surface area (Å²) in [7, 11) is 3.13. The first-order valence-electron chi connectivity index (χ1n) is 9.00. The molecule has 5 nitrogen and oxygen atoms in total. The van der Waals surface area contributed by atoms with Gasteiger partial charge < -0.3 is 19.5 Å². The van der Waals surface area contributed by atoms with E-state index < -0.39 is 0 Å². The van der Waals surface area contributed by atoms with Crippen molar-refractivity contribution in [3.8, 4) is 17.2 Å². The van der Waals surface area contributed by atoms with E-state index in [1.807, 2.05) is 24.3 Å². The third kappa shape index (κ3) is 6.30. The minimum atomic E-state index is -0.125. The molecule has 1 N–H and O–H groups in total. The van der Waals surface area contributed by atoms with E-state index in [0.717, 1.165) is 40.8 Å². The van der Waals surface area contributed by atoms with Crippen LogP contribution < -0.4 is 19.5 Å². The van der Waals surface area contributed by atoms with Crippen molar-refractivity contribution in [1.29, 1.82) is 0 Å². The molecular formula is C21H26INO4. The molecule has 0 saturated heterocycles. The molecule has 0 aliphatic rings. The third-order valence-corrected chi connectivity index (χ3v) is 5.00. The zero-order chi connectivity index (χ0) is 19.6. The second-order valence-corrected chi connectivity index (χ2v) is 7.20. The average Bonchev–Trinajstić information content (AvgIpc) is 2.69. The molecule has 2 aromatic rings. The lowest BCUT2D eigenvalue weighted by molar-refractivity contribution is 0.0953. The molecule has 0 heterocycles. The van der Waals surface area contributed by atoms with Crippen molar-refractivity contribution in [2.45, 2.75) is 26.2 Å². The molecule has 0 atom stereocenters. The van der Waals surface area contributed by atoms with Crippen molar-refractivity contribution in [3.63, 3.8) is 0 Å². The van der Waals surface area contributed by atoms with Gasteiger partial charge in [-0.15, -0.1) is 0 Å². The summed E-state index contributed by atoms with van der Waals surface area (Å²) < 4.78 is 17.0. The predicted molar refractivity (Wildman–Crippen MR) is 115 cm³/mol. The summed E-state index contributed by atoms with van der Waals surface area (Å²) in [6.07, 6.45) is 2.93. The fourth-order valence-corrected chi connectivity index (χ4v) is 3.21. The van der Waals surface area contributed by atoms with Crippen molar-refractivity contribution in [2.75, 3.05) is 27.4 Å². The van der Waals surface area contributed by atoms with Crippen LogP contribution in [0.3, 0.4) is 0 Å². The SMILES string of the molecule is CCCCOc1ccc(CCNC(=O)c2cc(OC)c(OC)cc2I)cc1. The molecule has 0 saturated carbocycles. The Bertz CT molecular complexity index is 747. The first-order chi connectivity index (χ1) is 13.1. The van der Waals surface area contributed by atoms with Gasteiger partial charge in [0, 0.05) is 10.1 Å². The van der Waals surface area contributed by atoms with Crippen molar-refractivity contribution in [2.24, 2.45) is 0 Å². The molecule has 0 aliphatic carbocycles. The van der Waals surface area contributed by atoms with Crippen LogP contribution in [0.15, 0.2) is 36.4 Å². The monoisotopic (exact) mass is 483 g/mol. The van der Waals surface area contributed by atoms with Crippen LogP contribution in [0.2, 0.25) is 0 Å². The Morgan fingerprint density at radius 3 is 2.37 bits per heavy atom. The second kappa shape index (κ2) is 11.0. The summed E-state index contributed by atoms with van der Waals surface area (Å²) in [5, 5.41) is 2.96. The van der Waals surface area contributed by atoms with Crippen molar-refractivity contribution in [1.82, 2.24) is 5.32 Å². The van der Waals surface area contributed by atoms with Gasteiger partial charge >= 0.3 is 0 Å². The van der Waals surface area contributed by atoms with Gasteiger partial charge in [-0.3, -0.25) is 4.79 Å². The molecule has 27 heavy (non-hydrogen) atoms. The number of carbonyl (C=O) groups is 1. The molecule has 0 unspecified atom stereocenters. The fourth-order valence-electron chi connectivity index (χ4n) is 2.53. The van der Waals surface area contributed by atoms with Gasteiger partial charge in [0.05, 0.1) is 26.4 Å². The van der Waals surface area contributed by atoms with Crippen LogP contribution in [-0.4, -0.2) is 33.3 Å². The Morgan fingerprint density at radius 2 is 1.74 bits per heavy atom. The largest absolute Gasteiger partial charge is 0.494 e. The van der Waals surface area contributed by atoms with Gasteiger partial charge in [0.1, 0.15) is 5.75 Å². The topological polar surface area (TPSA) is 56.8 Å². The van der Waals surface area contributed by atoms with Gasteiger partial charge in [0.25, 0.3) is 5.91 Å². The third-order valence-electron chi connectivity index (χ3n) is 4.11. The number of hydrogen-bond donors (Lipinski definition) is 1. The number of ether oxygens (including phenoxy) is 3. The maximum absolute atomic E-state index is 12.5. The molecule has 2 aromatic carbocycles. The number of halogens is 1. The summed E-state index contributed by atoms with van der Waals surface area (Å²) in [6.45, 7) is 3.44. The van der Waals surface area contributed by atoms with E-state index in [1.54, 1.807) is 26.4 Å². The number of benzene rings is 2. The summed E-state index contributed by atoms with van der Waals surface area (Å²) in [5.74, 6) is 1.91. The molecule has 1 amide bonds. The Kier molecular flexibility index (Phi) is 8.71. The van der Waals surface area contributed by atoms with E-state index in [2.05, 4.69) is 34.8 Å². The molecule has 0 aromatic heterocycles. The van der Waals surface area contributed by atoms with Crippen LogP contribution in [0.4, 0.5) is 0 Å². The van der Waals surface area contributed by atoms with Gasteiger partial charge in [-0.25, -0.2) is 0 Å². The lowest BCUT2D eigenvalue weighted by atomic mass is 10.1. The molecular weight excluding hydrogens is 457 g/mol. The molecule has 0 radical (unpaired) electrons. The van der Waals surface area contributed by atoms with Gasteiger partial charge in [-0.2, -0.15) is 0 Å². The van der Waals surface area contributed by atoms with Gasteiger partial charge in [0.15, 0.2) is 11.5 Å². The second-order valence-electron chi connectivity index (χ2n) is 6.04. The lowest BCUT2D eigenvalue weighted by Gasteiger charge is -2.12. The molecule has 6 heteroatoms. The van der Waals surface area contributed by atoms with E-state index >= 15 is 0 Å². The number of methoxy groups -OCH3 is 2. The summed E-state index contributed by atoms with van der Waals surface area (Å²) >= 11 is 2.13. The molecule has 0 fully saturated rings. The number of unbranched alkanes of at least 4 members (excludes halogenated alkanes) is 1. The zero-order valence-corrected chi connectivity index (χ0v) is 18.2. The minimum Gasteiger partial charge on any atom is -0.494 e. The van der Waals surface area contributed by atoms with Crippen molar-refractivity contribution >= 4 is 28.5 Å². The van der Waals surface area contributed by atoms with E-state index in [1.165, 1.54) is 0 Å². The standard InChI is InChI=1S/C21H26INO4/c1-4-5-12-27-16-8-6-15(7-9-16)10-11-23-21(24)17-13-19(25-2)20(26-3)14-18(17)22/h6-9,13-14H,4-5,10-12H2,1-3H3,(H,23,24). The van der Waals surface area contributed by atoms with Crippen LogP contribution in [0.1, 0.15) is 35.7 Å². The first-order valence-corrected chi connectivity index (χ1v) is 10.1. The van der Waals surface area contributed by atoms with E-state index in [0.29, 0.717) is 23.6 Å². The highest BCUT2D eigenvalue weighted by atomic mass is 127. The lowest BCUT2D eigenvalue weighted by Crippen LogP contribution is -2.26. The highest BCUT2D eigenvalue weighted by Gasteiger charge is 2.15. The van der Waals surface area contributed by atoms with Crippen LogP contribution in [0.5, 0.6) is 17.2 Å². The maximum atomic E-state index is 12.5. The Morgan fingerprint density at radius 1 is 1.07 bits per heavy atom. The Labute approximate surface area is 174 Å². The van der Waals surface area contributed by atoms with E-state index in [9.17, 15) is 4.79 Å². The number of amides is 1. The van der Waals surface area contributed by atoms with Crippen LogP contribution in [0.25, 0.3) is 0 Å². The number of rotatable bonds is 10. The Balaban J connectivity index is 1.89. The molecule has 0 aliphatic heterocycles. The first kappa shape index (κ1) is 21.3. The van der Waals surface area contributed by atoms with Gasteiger partial charge in [-0.05, 0) is 65.3 Å². The highest BCUT2D eigenvalue weighted by Crippen LogP contribution is 2.31. The summed E-state index contributed by atoms with van der Waals surface area (Å²) in [6, 6.07) is 11.5. The molecule has 146 valence electrons. The van der Waals surface area contributed by atoms with Crippen molar-refractivity contribution in [3.05, 3.63) is 51.1 Å². The normalized spacial score (nSPS) is 10.4. The van der Waals surface area contributed by atoms with Gasteiger partial charge in [-0.1, -0.05) is 25.5 Å². The Hall–Kier alpha value is -1.96. The fraction of sp³-hybridized carbons (Fsp3) is 0.381. The summed E-state index contributed by atoms with van der Waals surface area (Å²) in [5.41, 5.74) is 1.73. The van der Waals surface area contributed by atoms with E-state index in [4.69, 9.17) is 14.2 Å². The molecule has 2 rings (SSSR count). The zero-order valence-electron chi connectivity index (χ0n) is 16.0. The predicted octanol–water partition coefficient (Wildman–Crippen LogP) is 4.46.